The van der Waals surface area contributed by atoms with Crippen molar-refractivity contribution in [2.24, 2.45) is 11.7 Å². The third-order valence-corrected chi connectivity index (χ3v) is 4.75. The molecule has 3 nitrogen and oxygen atoms in total. The summed E-state index contributed by atoms with van der Waals surface area (Å²) in [6, 6.07) is 10.7. The SMILES string of the molecule is NC1CCCCC1C1(O)CN(Cc2ccccc2)C1. The molecule has 2 atom stereocenters. The lowest BCUT2D eigenvalue weighted by Gasteiger charge is -2.53. The molecule has 1 aliphatic carbocycles. The summed E-state index contributed by atoms with van der Waals surface area (Å²) in [5.41, 5.74) is 6.98. The summed E-state index contributed by atoms with van der Waals surface area (Å²) in [5.74, 6) is 0.299. The fraction of sp³-hybridized carbons (Fsp3) is 0.625. The van der Waals surface area contributed by atoms with Gasteiger partial charge < -0.3 is 10.8 Å². The minimum atomic E-state index is -0.533. The Labute approximate surface area is 115 Å². The summed E-state index contributed by atoms with van der Waals surface area (Å²) in [7, 11) is 0. The van der Waals surface area contributed by atoms with Crippen molar-refractivity contribution in [1.29, 1.82) is 0 Å². The van der Waals surface area contributed by atoms with E-state index in [1.807, 2.05) is 6.07 Å². The largest absolute Gasteiger partial charge is 0.387 e. The molecule has 1 aromatic carbocycles. The van der Waals surface area contributed by atoms with Crippen molar-refractivity contribution in [2.45, 2.75) is 43.9 Å². The number of likely N-dealkylation sites (tertiary alicyclic amines) is 1. The Morgan fingerprint density at radius 3 is 2.53 bits per heavy atom. The number of rotatable bonds is 3. The van der Waals surface area contributed by atoms with Crippen molar-refractivity contribution < 1.29 is 5.11 Å². The van der Waals surface area contributed by atoms with Gasteiger partial charge in [-0.3, -0.25) is 4.90 Å². The molecular formula is C16H24N2O. The highest BCUT2D eigenvalue weighted by Gasteiger charge is 2.49. The van der Waals surface area contributed by atoms with Gasteiger partial charge in [-0.1, -0.05) is 43.2 Å². The van der Waals surface area contributed by atoms with E-state index >= 15 is 0 Å². The Morgan fingerprint density at radius 1 is 1.16 bits per heavy atom. The Bertz CT molecular complexity index is 414. The van der Waals surface area contributed by atoms with Crippen molar-refractivity contribution in [3.8, 4) is 0 Å². The Kier molecular flexibility index (Phi) is 3.61. The topological polar surface area (TPSA) is 49.5 Å². The van der Waals surface area contributed by atoms with E-state index in [0.29, 0.717) is 5.92 Å². The van der Waals surface area contributed by atoms with E-state index in [-0.39, 0.29) is 6.04 Å². The van der Waals surface area contributed by atoms with E-state index in [1.165, 1.54) is 18.4 Å². The molecular weight excluding hydrogens is 236 g/mol. The van der Waals surface area contributed by atoms with Gasteiger partial charge >= 0.3 is 0 Å². The second-order valence-corrected chi connectivity index (χ2v) is 6.29. The smallest absolute Gasteiger partial charge is 0.0943 e. The minimum absolute atomic E-state index is 0.192. The summed E-state index contributed by atoms with van der Waals surface area (Å²) in [4.78, 5) is 2.32. The van der Waals surface area contributed by atoms with Gasteiger partial charge in [0.15, 0.2) is 0 Å². The minimum Gasteiger partial charge on any atom is -0.387 e. The van der Waals surface area contributed by atoms with Crippen LogP contribution in [0.25, 0.3) is 0 Å². The predicted molar refractivity (Wildman–Crippen MR) is 76.6 cm³/mol. The molecule has 104 valence electrons. The van der Waals surface area contributed by atoms with Crippen LogP contribution in [0.5, 0.6) is 0 Å². The van der Waals surface area contributed by atoms with Crippen LogP contribution in [0.2, 0.25) is 0 Å². The number of hydrogen-bond acceptors (Lipinski definition) is 3. The van der Waals surface area contributed by atoms with Gasteiger partial charge in [-0.15, -0.1) is 0 Å². The molecule has 1 heterocycles. The van der Waals surface area contributed by atoms with Gasteiger partial charge in [-0.2, -0.15) is 0 Å². The number of benzene rings is 1. The molecule has 0 radical (unpaired) electrons. The second-order valence-electron chi connectivity index (χ2n) is 6.29. The van der Waals surface area contributed by atoms with Crippen LogP contribution in [0.1, 0.15) is 31.2 Å². The number of nitrogens with two attached hydrogens (primary N) is 1. The summed E-state index contributed by atoms with van der Waals surface area (Å²) >= 11 is 0. The Morgan fingerprint density at radius 2 is 1.84 bits per heavy atom. The van der Waals surface area contributed by atoms with Crippen molar-refractivity contribution >= 4 is 0 Å². The van der Waals surface area contributed by atoms with E-state index in [2.05, 4.69) is 29.2 Å². The monoisotopic (exact) mass is 260 g/mol. The van der Waals surface area contributed by atoms with Crippen LogP contribution in [0.3, 0.4) is 0 Å². The van der Waals surface area contributed by atoms with Gasteiger partial charge in [0.1, 0.15) is 0 Å². The molecule has 2 aliphatic rings. The first-order valence-corrected chi connectivity index (χ1v) is 7.42. The first kappa shape index (κ1) is 13.1. The Hall–Kier alpha value is -0.900. The summed E-state index contributed by atoms with van der Waals surface area (Å²) < 4.78 is 0. The summed E-state index contributed by atoms with van der Waals surface area (Å²) in [6.07, 6.45) is 4.61. The first-order valence-electron chi connectivity index (χ1n) is 7.42. The lowest BCUT2D eigenvalue weighted by atomic mass is 9.70. The van der Waals surface area contributed by atoms with E-state index in [4.69, 9.17) is 5.73 Å². The zero-order chi connectivity index (χ0) is 13.3. The number of hydrogen-bond donors (Lipinski definition) is 2. The molecule has 1 aromatic rings. The zero-order valence-electron chi connectivity index (χ0n) is 11.5. The lowest BCUT2D eigenvalue weighted by Crippen LogP contribution is -2.68. The fourth-order valence-electron chi connectivity index (χ4n) is 3.74. The van der Waals surface area contributed by atoms with Gasteiger partial charge in [-0.05, 0) is 18.4 Å². The Balaban J connectivity index is 1.56. The van der Waals surface area contributed by atoms with E-state index in [1.54, 1.807) is 0 Å². The third kappa shape index (κ3) is 2.69. The van der Waals surface area contributed by atoms with Crippen LogP contribution in [-0.2, 0) is 6.54 Å². The van der Waals surface area contributed by atoms with Gasteiger partial charge in [0.25, 0.3) is 0 Å². The van der Waals surface area contributed by atoms with Crippen LogP contribution in [0, 0.1) is 5.92 Å². The standard InChI is InChI=1S/C16H24N2O/c17-15-9-5-4-8-14(15)16(19)11-18(12-16)10-13-6-2-1-3-7-13/h1-3,6-7,14-15,19H,4-5,8-12,17H2. The highest BCUT2D eigenvalue weighted by atomic mass is 16.3. The van der Waals surface area contributed by atoms with Crippen LogP contribution < -0.4 is 5.73 Å². The molecule has 0 spiro atoms. The molecule has 19 heavy (non-hydrogen) atoms. The van der Waals surface area contributed by atoms with Crippen LogP contribution in [-0.4, -0.2) is 34.7 Å². The molecule has 1 aliphatic heterocycles. The normalized spacial score (nSPS) is 30.8. The molecule has 3 rings (SSSR count). The lowest BCUT2D eigenvalue weighted by molar-refractivity contribution is -0.150. The molecule has 3 N–H and O–H groups in total. The summed E-state index contributed by atoms with van der Waals surface area (Å²) in [6.45, 7) is 2.49. The third-order valence-electron chi connectivity index (χ3n) is 4.75. The molecule has 3 heteroatoms. The van der Waals surface area contributed by atoms with E-state index in [9.17, 15) is 5.11 Å². The van der Waals surface area contributed by atoms with Crippen LogP contribution >= 0.6 is 0 Å². The van der Waals surface area contributed by atoms with Crippen molar-refractivity contribution in [2.75, 3.05) is 13.1 Å². The second kappa shape index (κ2) is 5.23. The zero-order valence-corrected chi connectivity index (χ0v) is 11.5. The van der Waals surface area contributed by atoms with Gasteiger partial charge in [-0.25, -0.2) is 0 Å². The maximum Gasteiger partial charge on any atom is 0.0943 e. The molecule has 0 bridgehead atoms. The quantitative estimate of drug-likeness (QED) is 0.870. The molecule has 1 saturated carbocycles. The molecule has 0 aromatic heterocycles. The maximum atomic E-state index is 10.7. The summed E-state index contributed by atoms with van der Waals surface area (Å²) in [5, 5.41) is 10.7. The van der Waals surface area contributed by atoms with Crippen molar-refractivity contribution in [3.63, 3.8) is 0 Å². The molecule has 2 unspecified atom stereocenters. The fourth-order valence-corrected chi connectivity index (χ4v) is 3.74. The number of β-amino-alcohol motifs (C(OH)–C–C–N with tert-alkyl or cyclic N) is 1. The molecule has 0 amide bonds. The number of aliphatic hydroxyl groups is 1. The van der Waals surface area contributed by atoms with Crippen molar-refractivity contribution in [3.05, 3.63) is 35.9 Å². The maximum absolute atomic E-state index is 10.7. The average molecular weight is 260 g/mol. The van der Waals surface area contributed by atoms with E-state index in [0.717, 1.165) is 32.5 Å². The highest BCUT2D eigenvalue weighted by molar-refractivity contribution is 5.16. The predicted octanol–water partition coefficient (Wildman–Crippen LogP) is 1.75. The van der Waals surface area contributed by atoms with Crippen LogP contribution in [0.4, 0.5) is 0 Å². The average Bonchev–Trinajstić information content (AvgIpc) is 2.38. The highest BCUT2D eigenvalue weighted by Crippen LogP contribution is 2.38. The van der Waals surface area contributed by atoms with Gasteiger partial charge in [0.2, 0.25) is 0 Å². The van der Waals surface area contributed by atoms with Gasteiger partial charge in [0, 0.05) is 31.6 Å². The molecule has 2 fully saturated rings. The van der Waals surface area contributed by atoms with Gasteiger partial charge in [0.05, 0.1) is 5.60 Å². The number of nitrogens with zero attached hydrogens (tertiary/aromatic N) is 1. The van der Waals surface area contributed by atoms with E-state index < -0.39 is 5.60 Å². The van der Waals surface area contributed by atoms with Crippen LogP contribution in [0.15, 0.2) is 30.3 Å². The molecule has 1 saturated heterocycles. The van der Waals surface area contributed by atoms with Crippen molar-refractivity contribution in [1.82, 2.24) is 4.90 Å². The first-order chi connectivity index (χ1) is 9.17.